The fraction of sp³-hybridized carbons (Fsp3) is 0.273. The number of hydrogen-bond acceptors (Lipinski definition) is 5. The molecule has 0 spiro atoms. The SMILES string of the molecule is CCOc1ccc2nc(SCC(=O)NCCc3c(C)[nH]c4c(F)cccc34)sc2c1. The molecular formula is C22H22FN3O2S2. The molecule has 30 heavy (non-hydrogen) atoms. The Bertz CT molecular complexity index is 1200. The molecule has 2 heterocycles. The number of ether oxygens (including phenoxy) is 1. The molecule has 0 aliphatic heterocycles. The highest BCUT2D eigenvalue weighted by atomic mass is 32.2. The Hall–Kier alpha value is -2.58. The molecule has 1 amide bonds. The molecule has 0 aliphatic carbocycles. The minimum atomic E-state index is -0.258. The highest BCUT2D eigenvalue weighted by molar-refractivity contribution is 8.01. The number of aryl methyl sites for hydroxylation is 1. The van der Waals surface area contributed by atoms with Crippen LogP contribution in [0.5, 0.6) is 5.75 Å². The Morgan fingerprint density at radius 3 is 3.03 bits per heavy atom. The summed E-state index contributed by atoms with van der Waals surface area (Å²) in [5.74, 6) is 0.833. The molecule has 8 heteroatoms. The summed E-state index contributed by atoms with van der Waals surface area (Å²) in [6, 6.07) is 10.9. The van der Waals surface area contributed by atoms with Crippen LogP contribution in [0.15, 0.2) is 40.7 Å². The van der Waals surface area contributed by atoms with Crippen LogP contribution in [-0.4, -0.2) is 34.8 Å². The summed E-state index contributed by atoms with van der Waals surface area (Å²) >= 11 is 2.99. The number of nitrogens with zero attached hydrogens (tertiary/aromatic N) is 1. The van der Waals surface area contributed by atoms with Gasteiger partial charge in [0.25, 0.3) is 0 Å². The van der Waals surface area contributed by atoms with Crippen molar-refractivity contribution in [2.45, 2.75) is 24.6 Å². The van der Waals surface area contributed by atoms with Crippen molar-refractivity contribution in [2.24, 2.45) is 0 Å². The quantitative estimate of drug-likeness (QED) is 0.373. The van der Waals surface area contributed by atoms with Crippen LogP contribution >= 0.6 is 23.1 Å². The first-order valence-corrected chi connectivity index (χ1v) is 11.5. The van der Waals surface area contributed by atoms with E-state index >= 15 is 0 Å². The molecule has 0 saturated heterocycles. The predicted molar refractivity (Wildman–Crippen MR) is 121 cm³/mol. The number of benzene rings is 2. The summed E-state index contributed by atoms with van der Waals surface area (Å²) in [7, 11) is 0. The zero-order valence-corrected chi connectivity index (χ0v) is 18.4. The molecule has 0 atom stereocenters. The first kappa shape index (κ1) is 20.7. The van der Waals surface area contributed by atoms with Gasteiger partial charge in [-0.25, -0.2) is 9.37 Å². The van der Waals surface area contributed by atoms with Crippen LogP contribution in [-0.2, 0) is 11.2 Å². The van der Waals surface area contributed by atoms with Gasteiger partial charge in [0.2, 0.25) is 5.91 Å². The molecule has 2 aromatic carbocycles. The van der Waals surface area contributed by atoms with E-state index in [4.69, 9.17) is 4.74 Å². The fourth-order valence-electron chi connectivity index (χ4n) is 3.40. The molecule has 4 aromatic rings. The molecule has 5 nitrogen and oxygen atoms in total. The van der Waals surface area contributed by atoms with Crippen LogP contribution in [0.1, 0.15) is 18.2 Å². The lowest BCUT2D eigenvalue weighted by molar-refractivity contribution is -0.118. The molecule has 0 aliphatic rings. The maximum atomic E-state index is 13.9. The van der Waals surface area contributed by atoms with Crippen molar-refractivity contribution in [1.29, 1.82) is 0 Å². The number of para-hydroxylation sites is 1. The van der Waals surface area contributed by atoms with E-state index in [1.165, 1.54) is 17.8 Å². The Balaban J connectivity index is 1.31. The molecule has 2 aromatic heterocycles. The molecule has 156 valence electrons. The maximum Gasteiger partial charge on any atom is 0.230 e. The summed E-state index contributed by atoms with van der Waals surface area (Å²) < 4.78 is 21.3. The number of nitrogens with one attached hydrogen (secondary N) is 2. The van der Waals surface area contributed by atoms with E-state index in [1.807, 2.05) is 38.1 Å². The van der Waals surface area contributed by atoms with Crippen molar-refractivity contribution < 1.29 is 13.9 Å². The number of H-pyrrole nitrogens is 1. The zero-order chi connectivity index (χ0) is 21.1. The lowest BCUT2D eigenvalue weighted by atomic mass is 10.1. The Labute approximate surface area is 182 Å². The number of thioether (sulfide) groups is 1. The van der Waals surface area contributed by atoms with Crippen molar-refractivity contribution in [2.75, 3.05) is 18.9 Å². The monoisotopic (exact) mass is 443 g/mol. The lowest BCUT2D eigenvalue weighted by Crippen LogP contribution is -2.27. The zero-order valence-electron chi connectivity index (χ0n) is 16.8. The number of fused-ring (bicyclic) bond motifs is 2. The molecule has 0 bridgehead atoms. The summed E-state index contributed by atoms with van der Waals surface area (Å²) in [5.41, 5.74) is 3.40. The number of carbonyl (C=O) groups excluding carboxylic acids is 1. The number of rotatable bonds is 8. The Kier molecular flexibility index (Phi) is 6.24. The molecular weight excluding hydrogens is 421 g/mol. The van der Waals surface area contributed by atoms with Crippen LogP contribution in [0.25, 0.3) is 21.1 Å². The van der Waals surface area contributed by atoms with Gasteiger partial charge in [0.1, 0.15) is 11.6 Å². The molecule has 0 radical (unpaired) electrons. The van der Waals surface area contributed by atoms with Crippen LogP contribution < -0.4 is 10.1 Å². The van der Waals surface area contributed by atoms with Gasteiger partial charge in [-0.05, 0) is 50.1 Å². The molecule has 0 unspecified atom stereocenters. The van der Waals surface area contributed by atoms with Gasteiger partial charge in [-0.2, -0.15) is 0 Å². The Morgan fingerprint density at radius 1 is 1.33 bits per heavy atom. The second-order valence-electron chi connectivity index (χ2n) is 6.82. The van der Waals surface area contributed by atoms with E-state index in [1.54, 1.807) is 17.4 Å². The largest absolute Gasteiger partial charge is 0.494 e. The van der Waals surface area contributed by atoms with E-state index in [9.17, 15) is 9.18 Å². The van der Waals surface area contributed by atoms with Gasteiger partial charge >= 0.3 is 0 Å². The van der Waals surface area contributed by atoms with Gasteiger partial charge in [0, 0.05) is 17.6 Å². The van der Waals surface area contributed by atoms with Crippen LogP contribution in [0.4, 0.5) is 4.39 Å². The third kappa shape index (κ3) is 4.44. The minimum absolute atomic E-state index is 0.0436. The van der Waals surface area contributed by atoms with E-state index in [0.29, 0.717) is 30.8 Å². The van der Waals surface area contributed by atoms with Crippen molar-refractivity contribution in [3.05, 3.63) is 53.5 Å². The molecule has 0 saturated carbocycles. The smallest absolute Gasteiger partial charge is 0.230 e. The van der Waals surface area contributed by atoms with Gasteiger partial charge in [-0.3, -0.25) is 4.79 Å². The summed E-state index contributed by atoms with van der Waals surface area (Å²) in [4.78, 5) is 19.9. The van der Waals surface area contributed by atoms with Crippen molar-refractivity contribution in [1.82, 2.24) is 15.3 Å². The van der Waals surface area contributed by atoms with Crippen LogP contribution in [0, 0.1) is 12.7 Å². The lowest BCUT2D eigenvalue weighted by Gasteiger charge is -2.05. The highest BCUT2D eigenvalue weighted by Gasteiger charge is 2.12. The number of thiazole rings is 1. The topological polar surface area (TPSA) is 67.0 Å². The second-order valence-corrected chi connectivity index (χ2v) is 9.08. The normalized spacial score (nSPS) is 11.3. The summed E-state index contributed by atoms with van der Waals surface area (Å²) in [6.45, 7) is 5.01. The maximum absolute atomic E-state index is 13.9. The number of halogens is 1. The number of carbonyl (C=O) groups is 1. The molecule has 2 N–H and O–H groups in total. The number of amides is 1. The van der Waals surface area contributed by atoms with Gasteiger partial charge < -0.3 is 15.0 Å². The molecule has 0 fully saturated rings. The van der Waals surface area contributed by atoms with Crippen LogP contribution in [0.2, 0.25) is 0 Å². The average Bonchev–Trinajstić information content (AvgIpc) is 3.28. The van der Waals surface area contributed by atoms with E-state index in [-0.39, 0.29) is 11.7 Å². The third-order valence-corrected chi connectivity index (χ3v) is 6.94. The van der Waals surface area contributed by atoms with Crippen molar-refractivity contribution in [3.63, 3.8) is 0 Å². The number of aromatic amines is 1. The fourth-order valence-corrected chi connectivity index (χ4v) is 5.32. The van der Waals surface area contributed by atoms with Crippen molar-refractivity contribution in [3.8, 4) is 5.75 Å². The van der Waals surface area contributed by atoms with Crippen LogP contribution in [0.3, 0.4) is 0 Å². The van der Waals surface area contributed by atoms with E-state index in [2.05, 4.69) is 15.3 Å². The van der Waals surface area contributed by atoms with Gasteiger partial charge in [-0.1, -0.05) is 23.9 Å². The first-order valence-electron chi connectivity index (χ1n) is 9.73. The Morgan fingerprint density at radius 2 is 2.20 bits per heavy atom. The molecule has 4 rings (SSSR count). The first-order chi connectivity index (χ1) is 14.5. The highest BCUT2D eigenvalue weighted by Crippen LogP contribution is 2.31. The number of aromatic nitrogens is 2. The van der Waals surface area contributed by atoms with Crippen molar-refractivity contribution >= 4 is 50.1 Å². The predicted octanol–water partition coefficient (Wildman–Crippen LogP) is 5.07. The van der Waals surface area contributed by atoms with Gasteiger partial charge in [0.15, 0.2) is 4.34 Å². The van der Waals surface area contributed by atoms with E-state index in [0.717, 1.165) is 36.9 Å². The number of hydrogen-bond donors (Lipinski definition) is 2. The van der Waals surface area contributed by atoms with Gasteiger partial charge in [0.05, 0.1) is 28.1 Å². The van der Waals surface area contributed by atoms with E-state index < -0.39 is 0 Å². The minimum Gasteiger partial charge on any atom is -0.494 e. The van der Waals surface area contributed by atoms with Gasteiger partial charge in [-0.15, -0.1) is 11.3 Å². The summed E-state index contributed by atoms with van der Waals surface area (Å²) in [6.07, 6.45) is 0.646. The second kappa shape index (κ2) is 9.06. The summed E-state index contributed by atoms with van der Waals surface area (Å²) in [5, 5.41) is 3.82. The third-order valence-electron chi connectivity index (χ3n) is 4.78. The standard InChI is InChI=1S/C22H22FN3O2S2/c1-3-28-14-7-8-18-19(11-14)30-22(26-18)29-12-20(27)24-10-9-15-13(2)25-21-16(15)5-4-6-17(21)23/h4-8,11,25H,3,9-10,12H2,1-2H3,(H,24,27). The average molecular weight is 444 g/mol.